The van der Waals surface area contributed by atoms with E-state index in [9.17, 15) is 4.79 Å². The largest absolute Gasteiger partial charge is 0.454 e. The zero-order valence-electron chi connectivity index (χ0n) is 13.4. The van der Waals surface area contributed by atoms with Crippen molar-refractivity contribution in [2.75, 3.05) is 26.4 Å². The second-order valence-corrected chi connectivity index (χ2v) is 6.39. The molecule has 0 radical (unpaired) electrons. The summed E-state index contributed by atoms with van der Waals surface area (Å²) < 4.78 is 11.0. The monoisotopic (exact) mass is 304 g/mol. The van der Waals surface area contributed by atoms with Gasteiger partial charge in [0.1, 0.15) is 0 Å². The highest BCUT2D eigenvalue weighted by molar-refractivity contribution is 5.82. The normalized spacial score (nSPS) is 24.3. The third-order valence-electron chi connectivity index (χ3n) is 4.53. The van der Waals surface area contributed by atoms with Gasteiger partial charge in [0.05, 0.1) is 5.41 Å². The van der Waals surface area contributed by atoms with Gasteiger partial charge in [-0.1, -0.05) is 12.1 Å². The average molecular weight is 304 g/mol. The van der Waals surface area contributed by atoms with E-state index in [1.807, 2.05) is 19.1 Å². The number of carbonyl (C=O) groups excluding carboxylic acids is 1. The van der Waals surface area contributed by atoms with Gasteiger partial charge in [-0.3, -0.25) is 9.69 Å². The van der Waals surface area contributed by atoms with Crippen LogP contribution in [0.5, 0.6) is 11.5 Å². The molecule has 2 heterocycles. The summed E-state index contributed by atoms with van der Waals surface area (Å²) >= 11 is 0. The first kappa shape index (κ1) is 15.2. The van der Waals surface area contributed by atoms with Gasteiger partial charge >= 0.3 is 0 Å². The molecule has 2 aliphatic rings. The van der Waals surface area contributed by atoms with Gasteiger partial charge in [-0.25, -0.2) is 0 Å². The minimum Gasteiger partial charge on any atom is -0.454 e. The van der Waals surface area contributed by atoms with Crippen molar-refractivity contribution in [1.29, 1.82) is 0 Å². The fraction of sp³-hybridized carbons (Fsp3) is 0.588. The standard InChI is InChI=1S/C17H24N2O3/c1-3-18-16(20)17(2)8-5-9-19(11-17)10-13-6-4-7-14-15(13)22-12-21-14/h4,6-7H,3,5,8-12H2,1-2H3,(H,18,20). The van der Waals surface area contributed by atoms with Gasteiger partial charge < -0.3 is 14.8 Å². The number of hydrogen-bond donors (Lipinski definition) is 1. The van der Waals surface area contributed by atoms with Crippen molar-refractivity contribution in [3.63, 3.8) is 0 Å². The minimum absolute atomic E-state index is 0.164. The number of fused-ring (bicyclic) bond motifs is 1. The quantitative estimate of drug-likeness (QED) is 0.926. The van der Waals surface area contributed by atoms with E-state index in [1.165, 1.54) is 0 Å². The summed E-state index contributed by atoms with van der Waals surface area (Å²) in [7, 11) is 0. The van der Waals surface area contributed by atoms with E-state index in [2.05, 4.69) is 23.2 Å². The third-order valence-corrected chi connectivity index (χ3v) is 4.53. The molecule has 1 amide bonds. The molecular formula is C17H24N2O3. The van der Waals surface area contributed by atoms with Crippen LogP contribution in [0.15, 0.2) is 18.2 Å². The molecule has 0 bridgehead atoms. The third kappa shape index (κ3) is 2.90. The molecule has 1 atom stereocenters. The molecule has 1 unspecified atom stereocenters. The number of amides is 1. The molecule has 5 nitrogen and oxygen atoms in total. The second-order valence-electron chi connectivity index (χ2n) is 6.39. The second kappa shape index (κ2) is 6.16. The lowest BCUT2D eigenvalue weighted by Crippen LogP contribution is -2.50. The van der Waals surface area contributed by atoms with E-state index >= 15 is 0 Å². The predicted octanol–water partition coefficient (Wildman–Crippen LogP) is 2.15. The zero-order chi connectivity index (χ0) is 15.6. The van der Waals surface area contributed by atoms with Crippen molar-refractivity contribution in [3.05, 3.63) is 23.8 Å². The zero-order valence-corrected chi connectivity index (χ0v) is 13.4. The van der Waals surface area contributed by atoms with E-state index in [0.717, 1.165) is 49.5 Å². The summed E-state index contributed by atoms with van der Waals surface area (Å²) in [4.78, 5) is 14.7. The molecule has 1 aromatic rings. The summed E-state index contributed by atoms with van der Waals surface area (Å²) in [6.45, 7) is 7.60. The number of nitrogens with one attached hydrogen (secondary N) is 1. The molecule has 1 N–H and O–H groups in total. The lowest BCUT2D eigenvalue weighted by Gasteiger charge is -2.39. The molecule has 1 fully saturated rings. The van der Waals surface area contributed by atoms with Crippen LogP contribution in [-0.2, 0) is 11.3 Å². The Kier molecular flexibility index (Phi) is 4.25. The summed E-state index contributed by atoms with van der Waals surface area (Å²) in [5.74, 6) is 1.84. The molecule has 1 saturated heterocycles. The average Bonchev–Trinajstić information content (AvgIpc) is 2.97. The Balaban J connectivity index is 1.71. The van der Waals surface area contributed by atoms with E-state index in [1.54, 1.807) is 0 Å². The molecule has 1 aromatic carbocycles. The highest BCUT2D eigenvalue weighted by atomic mass is 16.7. The first-order chi connectivity index (χ1) is 10.6. The summed E-state index contributed by atoms with van der Waals surface area (Å²) in [5, 5.41) is 2.97. The van der Waals surface area contributed by atoms with Gasteiger partial charge in [0.2, 0.25) is 12.7 Å². The fourth-order valence-corrected chi connectivity index (χ4v) is 3.39. The number of carbonyl (C=O) groups is 1. The van der Waals surface area contributed by atoms with Crippen molar-refractivity contribution < 1.29 is 14.3 Å². The Hall–Kier alpha value is -1.75. The Morgan fingerprint density at radius 2 is 2.27 bits per heavy atom. The van der Waals surface area contributed by atoms with Gasteiger partial charge in [-0.2, -0.15) is 0 Å². The highest BCUT2D eigenvalue weighted by Crippen LogP contribution is 2.37. The van der Waals surface area contributed by atoms with Gasteiger partial charge in [0, 0.05) is 25.2 Å². The van der Waals surface area contributed by atoms with Crippen LogP contribution in [0.25, 0.3) is 0 Å². The number of para-hydroxylation sites is 1. The number of likely N-dealkylation sites (tertiary alicyclic amines) is 1. The van der Waals surface area contributed by atoms with Crippen molar-refractivity contribution in [2.24, 2.45) is 5.41 Å². The van der Waals surface area contributed by atoms with E-state index < -0.39 is 0 Å². The lowest BCUT2D eigenvalue weighted by atomic mass is 9.81. The van der Waals surface area contributed by atoms with Crippen LogP contribution in [0.2, 0.25) is 0 Å². The summed E-state index contributed by atoms with van der Waals surface area (Å²) in [6.07, 6.45) is 1.99. The SMILES string of the molecule is CCNC(=O)C1(C)CCCN(Cc2cccc3c2OCO3)C1. The first-order valence-corrected chi connectivity index (χ1v) is 8.00. The van der Waals surface area contributed by atoms with Crippen LogP contribution >= 0.6 is 0 Å². The Morgan fingerprint density at radius 3 is 3.09 bits per heavy atom. The smallest absolute Gasteiger partial charge is 0.231 e. The number of hydrogen-bond acceptors (Lipinski definition) is 4. The molecule has 5 heteroatoms. The minimum atomic E-state index is -0.302. The van der Waals surface area contributed by atoms with Crippen LogP contribution in [-0.4, -0.2) is 37.2 Å². The van der Waals surface area contributed by atoms with Crippen molar-refractivity contribution >= 4 is 5.91 Å². The number of rotatable bonds is 4. The summed E-state index contributed by atoms with van der Waals surface area (Å²) in [5.41, 5.74) is 0.832. The van der Waals surface area contributed by atoms with Crippen molar-refractivity contribution in [2.45, 2.75) is 33.2 Å². The molecule has 0 aromatic heterocycles. The Labute approximate surface area is 131 Å². The maximum atomic E-state index is 12.3. The van der Waals surface area contributed by atoms with E-state index in [4.69, 9.17) is 9.47 Å². The van der Waals surface area contributed by atoms with Crippen LogP contribution in [0.1, 0.15) is 32.3 Å². The molecule has 3 rings (SSSR count). The van der Waals surface area contributed by atoms with Crippen LogP contribution in [0.4, 0.5) is 0 Å². The van der Waals surface area contributed by atoms with Crippen LogP contribution < -0.4 is 14.8 Å². The number of ether oxygens (including phenoxy) is 2. The topological polar surface area (TPSA) is 50.8 Å². The molecule has 0 spiro atoms. The van der Waals surface area contributed by atoms with Crippen molar-refractivity contribution in [3.8, 4) is 11.5 Å². The molecule has 0 saturated carbocycles. The molecule has 22 heavy (non-hydrogen) atoms. The number of piperidine rings is 1. The number of nitrogens with zero attached hydrogens (tertiary/aromatic N) is 1. The van der Waals surface area contributed by atoms with Crippen molar-refractivity contribution in [1.82, 2.24) is 10.2 Å². The van der Waals surface area contributed by atoms with Gasteiger partial charge in [0.15, 0.2) is 11.5 Å². The van der Waals surface area contributed by atoms with Gasteiger partial charge in [-0.15, -0.1) is 0 Å². The first-order valence-electron chi connectivity index (χ1n) is 8.00. The highest BCUT2D eigenvalue weighted by Gasteiger charge is 2.37. The number of benzene rings is 1. The Bertz CT molecular complexity index is 561. The molecule has 120 valence electrons. The Morgan fingerprint density at radius 1 is 1.41 bits per heavy atom. The maximum Gasteiger partial charge on any atom is 0.231 e. The van der Waals surface area contributed by atoms with E-state index in [0.29, 0.717) is 13.3 Å². The molecule has 2 aliphatic heterocycles. The van der Waals surface area contributed by atoms with Gasteiger partial charge in [-0.05, 0) is 39.3 Å². The molecule has 0 aliphatic carbocycles. The van der Waals surface area contributed by atoms with Crippen LogP contribution in [0.3, 0.4) is 0 Å². The fourth-order valence-electron chi connectivity index (χ4n) is 3.39. The maximum absolute atomic E-state index is 12.3. The van der Waals surface area contributed by atoms with E-state index in [-0.39, 0.29) is 11.3 Å². The summed E-state index contributed by atoms with van der Waals surface area (Å²) in [6, 6.07) is 6.00. The van der Waals surface area contributed by atoms with Gasteiger partial charge in [0.25, 0.3) is 0 Å². The predicted molar refractivity (Wildman–Crippen MR) is 83.9 cm³/mol. The molecular weight excluding hydrogens is 280 g/mol. The van der Waals surface area contributed by atoms with Crippen LogP contribution in [0, 0.1) is 5.41 Å². The lowest BCUT2D eigenvalue weighted by molar-refractivity contribution is -0.133.